The van der Waals surface area contributed by atoms with Gasteiger partial charge in [-0.2, -0.15) is 0 Å². The first-order valence-corrected chi connectivity index (χ1v) is 9.36. The molecule has 134 valence electrons. The molecule has 1 amide bonds. The lowest BCUT2D eigenvalue weighted by atomic mass is 10.1. The lowest BCUT2D eigenvalue weighted by Crippen LogP contribution is -2.27. The topological polar surface area (TPSA) is 80.9 Å². The van der Waals surface area contributed by atoms with Gasteiger partial charge in [-0.25, -0.2) is 4.98 Å². The average Bonchev–Trinajstić information content (AvgIpc) is 3.10. The number of hydrogen-bond acceptors (Lipinski definition) is 5. The number of aryl methyl sites for hydroxylation is 1. The first kappa shape index (κ1) is 17.3. The van der Waals surface area contributed by atoms with Crippen LogP contribution < -0.4 is 11.1 Å². The minimum Gasteiger partial charge on any atom is -0.316 e. The molecule has 0 bridgehead atoms. The number of amides is 1. The number of fused-ring (bicyclic) bond motifs is 1. The Hall–Kier alpha value is -3.09. The second-order valence-electron chi connectivity index (χ2n) is 6.32. The zero-order valence-corrected chi connectivity index (χ0v) is 15.5. The maximum atomic E-state index is 12.5. The molecule has 2 aromatic carbocycles. The van der Waals surface area contributed by atoms with Gasteiger partial charge in [0.1, 0.15) is 6.04 Å². The Morgan fingerprint density at radius 3 is 2.52 bits per heavy atom. The van der Waals surface area contributed by atoms with Gasteiger partial charge >= 0.3 is 0 Å². The van der Waals surface area contributed by atoms with E-state index in [2.05, 4.69) is 21.4 Å². The molecule has 0 aliphatic heterocycles. The predicted molar refractivity (Wildman–Crippen MR) is 110 cm³/mol. The number of nitrogens with one attached hydrogen (secondary N) is 1. The number of hydrogen-bond donors (Lipinski definition) is 2. The molecule has 0 fully saturated rings. The van der Waals surface area contributed by atoms with E-state index in [1.54, 1.807) is 12.4 Å². The first-order valence-electron chi connectivity index (χ1n) is 8.54. The molecule has 0 saturated heterocycles. The van der Waals surface area contributed by atoms with E-state index in [1.165, 1.54) is 11.3 Å². The molecule has 4 rings (SSSR count). The highest BCUT2D eigenvalue weighted by Gasteiger charge is 2.17. The Balaban J connectivity index is 1.55. The van der Waals surface area contributed by atoms with Crippen molar-refractivity contribution in [1.82, 2.24) is 9.97 Å². The molecule has 6 heteroatoms. The monoisotopic (exact) mass is 374 g/mol. The molecular weight excluding hydrogens is 356 g/mol. The highest BCUT2D eigenvalue weighted by atomic mass is 32.1. The zero-order valence-electron chi connectivity index (χ0n) is 14.7. The van der Waals surface area contributed by atoms with Crippen LogP contribution in [0, 0.1) is 6.92 Å². The summed E-state index contributed by atoms with van der Waals surface area (Å²) in [4.78, 5) is 21.0. The average molecular weight is 374 g/mol. The molecule has 0 radical (unpaired) electrons. The Morgan fingerprint density at radius 1 is 1.04 bits per heavy atom. The van der Waals surface area contributed by atoms with Crippen LogP contribution in [0.3, 0.4) is 0 Å². The molecule has 5 nitrogen and oxygen atoms in total. The van der Waals surface area contributed by atoms with Crippen LogP contribution >= 0.6 is 11.3 Å². The summed E-state index contributed by atoms with van der Waals surface area (Å²) in [6, 6.07) is 16.9. The summed E-state index contributed by atoms with van der Waals surface area (Å²) < 4.78 is 1.00. The van der Waals surface area contributed by atoms with Gasteiger partial charge in [-0.3, -0.25) is 9.78 Å². The second-order valence-corrected chi connectivity index (χ2v) is 7.35. The molecule has 0 saturated carbocycles. The second kappa shape index (κ2) is 7.26. The number of aromatic nitrogens is 2. The number of nitrogens with zero attached hydrogens (tertiary/aromatic N) is 2. The van der Waals surface area contributed by atoms with Crippen molar-refractivity contribution >= 4 is 32.6 Å². The number of nitrogens with two attached hydrogens (primary N) is 1. The van der Waals surface area contributed by atoms with E-state index >= 15 is 0 Å². The molecule has 0 spiro atoms. The van der Waals surface area contributed by atoms with Crippen molar-refractivity contribution in [2.75, 3.05) is 5.32 Å². The van der Waals surface area contributed by atoms with Gasteiger partial charge in [-0.15, -0.1) is 0 Å². The maximum absolute atomic E-state index is 12.5. The van der Waals surface area contributed by atoms with Crippen molar-refractivity contribution in [1.29, 1.82) is 0 Å². The Kier molecular flexibility index (Phi) is 4.66. The fourth-order valence-corrected chi connectivity index (χ4v) is 3.72. The molecular formula is C21H18N4OS. The van der Waals surface area contributed by atoms with Crippen LogP contribution in [0.15, 0.2) is 67.0 Å². The summed E-state index contributed by atoms with van der Waals surface area (Å²) in [7, 11) is 0. The van der Waals surface area contributed by atoms with Crippen LogP contribution in [-0.4, -0.2) is 15.9 Å². The van der Waals surface area contributed by atoms with Crippen molar-refractivity contribution in [2.24, 2.45) is 5.73 Å². The molecule has 0 aliphatic carbocycles. The quantitative estimate of drug-likeness (QED) is 0.558. The molecule has 2 heterocycles. The smallest absolute Gasteiger partial charge is 0.247 e. The van der Waals surface area contributed by atoms with Gasteiger partial charge in [0, 0.05) is 12.4 Å². The van der Waals surface area contributed by atoms with Crippen LogP contribution in [-0.2, 0) is 4.79 Å². The van der Waals surface area contributed by atoms with E-state index in [4.69, 9.17) is 5.73 Å². The van der Waals surface area contributed by atoms with Crippen molar-refractivity contribution in [3.8, 4) is 11.1 Å². The summed E-state index contributed by atoms with van der Waals surface area (Å²) in [6.07, 6.45) is 3.54. The van der Waals surface area contributed by atoms with Crippen LogP contribution in [0.25, 0.3) is 21.3 Å². The lowest BCUT2D eigenvalue weighted by molar-refractivity contribution is -0.117. The van der Waals surface area contributed by atoms with Crippen LogP contribution in [0.4, 0.5) is 5.13 Å². The van der Waals surface area contributed by atoms with E-state index in [1.807, 2.05) is 55.5 Å². The van der Waals surface area contributed by atoms with Gasteiger partial charge < -0.3 is 11.1 Å². The summed E-state index contributed by atoms with van der Waals surface area (Å²) in [6.45, 7) is 2.00. The number of anilines is 1. The summed E-state index contributed by atoms with van der Waals surface area (Å²) in [5.41, 5.74) is 11.0. The molecule has 27 heavy (non-hydrogen) atoms. The van der Waals surface area contributed by atoms with Gasteiger partial charge in [-0.05, 0) is 47.9 Å². The molecule has 4 aromatic rings. The number of carbonyl (C=O) groups excluding carboxylic acids is 1. The molecule has 1 atom stereocenters. The fourth-order valence-electron chi connectivity index (χ4n) is 2.81. The predicted octanol–water partition coefficient (Wildman–Crippen LogP) is 4.31. The number of rotatable bonds is 4. The van der Waals surface area contributed by atoms with Crippen molar-refractivity contribution in [3.63, 3.8) is 0 Å². The third-order valence-electron chi connectivity index (χ3n) is 4.35. The fraction of sp³-hybridized carbons (Fsp3) is 0.0952. The van der Waals surface area contributed by atoms with E-state index in [9.17, 15) is 4.79 Å². The molecule has 0 aliphatic rings. The number of benzene rings is 2. The molecule has 1 unspecified atom stereocenters. The lowest BCUT2D eigenvalue weighted by Gasteiger charge is -2.11. The highest BCUT2D eigenvalue weighted by molar-refractivity contribution is 7.22. The standard InChI is InChI=1S/C21H18N4OS/c1-13-2-4-15(5-3-13)19(22)20(26)25-21-24-17-7-6-16(12-18(17)27-21)14-8-10-23-11-9-14/h2-12,19H,22H2,1H3,(H,24,25,26). The van der Waals surface area contributed by atoms with Gasteiger partial charge in [-0.1, -0.05) is 47.2 Å². The van der Waals surface area contributed by atoms with Crippen LogP contribution in [0.5, 0.6) is 0 Å². The van der Waals surface area contributed by atoms with Crippen molar-refractivity contribution in [3.05, 3.63) is 78.1 Å². The van der Waals surface area contributed by atoms with Gasteiger partial charge in [0.2, 0.25) is 5.91 Å². The summed E-state index contributed by atoms with van der Waals surface area (Å²) >= 11 is 1.44. The Labute approximate surface area is 160 Å². The van der Waals surface area contributed by atoms with Crippen molar-refractivity contribution < 1.29 is 4.79 Å². The molecule has 3 N–H and O–H groups in total. The van der Waals surface area contributed by atoms with E-state index in [0.29, 0.717) is 5.13 Å². The third kappa shape index (κ3) is 3.72. The summed E-state index contributed by atoms with van der Waals surface area (Å²) in [5, 5.41) is 3.38. The van der Waals surface area contributed by atoms with Gasteiger partial charge in [0.05, 0.1) is 10.2 Å². The normalized spacial score (nSPS) is 12.1. The summed E-state index contributed by atoms with van der Waals surface area (Å²) in [5.74, 6) is -0.271. The van der Waals surface area contributed by atoms with Crippen LogP contribution in [0.2, 0.25) is 0 Å². The van der Waals surface area contributed by atoms with E-state index < -0.39 is 6.04 Å². The third-order valence-corrected chi connectivity index (χ3v) is 5.28. The Bertz CT molecular complexity index is 1090. The van der Waals surface area contributed by atoms with E-state index in [0.717, 1.165) is 32.5 Å². The minimum atomic E-state index is -0.731. The number of thiazole rings is 1. The zero-order chi connectivity index (χ0) is 18.8. The molecule has 2 aromatic heterocycles. The van der Waals surface area contributed by atoms with Gasteiger partial charge in [0.15, 0.2) is 5.13 Å². The highest BCUT2D eigenvalue weighted by Crippen LogP contribution is 2.30. The largest absolute Gasteiger partial charge is 0.316 e. The SMILES string of the molecule is Cc1ccc(C(N)C(=O)Nc2nc3ccc(-c4ccncc4)cc3s2)cc1. The van der Waals surface area contributed by atoms with Crippen molar-refractivity contribution in [2.45, 2.75) is 13.0 Å². The first-order chi connectivity index (χ1) is 13.1. The maximum Gasteiger partial charge on any atom is 0.247 e. The van der Waals surface area contributed by atoms with E-state index in [-0.39, 0.29) is 5.91 Å². The van der Waals surface area contributed by atoms with Crippen LogP contribution in [0.1, 0.15) is 17.2 Å². The number of carbonyl (C=O) groups is 1. The number of pyridine rings is 1. The van der Waals surface area contributed by atoms with Gasteiger partial charge in [0.25, 0.3) is 0 Å². The Morgan fingerprint density at radius 2 is 1.78 bits per heavy atom. The minimum absolute atomic E-state index is 0.271.